The van der Waals surface area contributed by atoms with Gasteiger partial charge in [0.15, 0.2) is 4.32 Å². The molecule has 1 N–H and O–H groups in total. The van der Waals surface area contributed by atoms with E-state index < -0.39 is 5.97 Å². The number of hydrogen-bond acceptors (Lipinski definition) is 5. The highest BCUT2D eigenvalue weighted by Gasteiger charge is 2.34. The first kappa shape index (κ1) is 21.4. The second-order valence-corrected chi connectivity index (χ2v) is 9.09. The van der Waals surface area contributed by atoms with Gasteiger partial charge in [0.05, 0.1) is 21.2 Å². The molecule has 1 amide bonds. The van der Waals surface area contributed by atoms with E-state index in [0.29, 0.717) is 26.3 Å². The second kappa shape index (κ2) is 8.34. The number of aromatic carboxylic acids is 1. The Kier molecular flexibility index (Phi) is 5.75. The summed E-state index contributed by atoms with van der Waals surface area (Å²) in [5, 5.41) is 9.41. The van der Waals surface area contributed by atoms with Crippen LogP contribution in [0.15, 0.2) is 57.9 Å². The number of carbonyl (C=O) groups excluding carboxylic acids is 1. The number of rotatable bonds is 4. The minimum Gasteiger partial charge on any atom is -0.478 e. The number of halogens is 1. The van der Waals surface area contributed by atoms with Crippen LogP contribution in [0.4, 0.5) is 5.69 Å². The summed E-state index contributed by atoms with van der Waals surface area (Å²) in [6.07, 6.45) is 1.64. The molecule has 0 unspecified atom stereocenters. The standard InChI is InChI=1S/C23H16ClNO4S2/c1-12-3-7-18(13(2)9-12)25-21(26)20(31-23(25)30)11-15-5-8-19(29-15)14-4-6-17(24)16(10-14)22(27)28/h3-11H,1-2H3,(H,27,28)/b20-11-. The number of amides is 1. The smallest absolute Gasteiger partial charge is 0.337 e. The molecule has 0 atom stereocenters. The average Bonchev–Trinajstić information content (AvgIpc) is 3.28. The molecule has 0 spiro atoms. The molecule has 0 bridgehead atoms. The molecule has 0 radical (unpaired) electrons. The number of furan rings is 1. The van der Waals surface area contributed by atoms with Crippen LogP contribution in [0.25, 0.3) is 17.4 Å². The van der Waals surface area contributed by atoms with Crippen molar-refractivity contribution in [2.75, 3.05) is 4.90 Å². The SMILES string of the molecule is Cc1ccc(N2C(=O)/C(=C/c3ccc(-c4ccc(Cl)c(C(=O)O)c4)o3)SC2=S)c(C)c1. The minimum atomic E-state index is -1.12. The number of carbonyl (C=O) groups is 2. The zero-order valence-electron chi connectivity index (χ0n) is 16.5. The van der Waals surface area contributed by atoms with E-state index in [9.17, 15) is 14.7 Å². The normalized spacial score (nSPS) is 15.2. The molecule has 1 fully saturated rings. The van der Waals surface area contributed by atoms with Gasteiger partial charge in [-0.2, -0.15) is 0 Å². The molecule has 0 saturated carbocycles. The van der Waals surface area contributed by atoms with Crippen molar-refractivity contribution in [2.24, 2.45) is 0 Å². The van der Waals surface area contributed by atoms with E-state index in [1.165, 1.54) is 28.8 Å². The minimum absolute atomic E-state index is 0.00791. The van der Waals surface area contributed by atoms with Gasteiger partial charge in [0.1, 0.15) is 11.5 Å². The highest BCUT2D eigenvalue weighted by molar-refractivity contribution is 8.27. The molecule has 1 aliphatic rings. The van der Waals surface area contributed by atoms with Crippen LogP contribution in [-0.2, 0) is 4.79 Å². The molecule has 1 aliphatic heterocycles. The second-order valence-electron chi connectivity index (χ2n) is 7.01. The summed E-state index contributed by atoms with van der Waals surface area (Å²) in [5.41, 5.74) is 3.41. The van der Waals surface area contributed by atoms with E-state index >= 15 is 0 Å². The van der Waals surface area contributed by atoms with Gasteiger partial charge in [-0.25, -0.2) is 4.79 Å². The van der Waals surface area contributed by atoms with E-state index in [-0.39, 0.29) is 16.5 Å². The predicted octanol–water partition coefficient (Wildman–Crippen LogP) is 6.32. The van der Waals surface area contributed by atoms with Crippen LogP contribution >= 0.6 is 35.6 Å². The lowest BCUT2D eigenvalue weighted by Gasteiger charge is -2.17. The summed E-state index contributed by atoms with van der Waals surface area (Å²) in [6.45, 7) is 3.94. The van der Waals surface area contributed by atoms with Gasteiger partial charge >= 0.3 is 5.97 Å². The van der Waals surface area contributed by atoms with Crippen LogP contribution < -0.4 is 4.90 Å². The molecular weight excluding hydrogens is 454 g/mol. The Labute approximate surface area is 193 Å². The monoisotopic (exact) mass is 469 g/mol. The van der Waals surface area contributed by atoms with E-state index in [4.69, 9.17) is 28.2 Å². The van der Waals surface area contributed by atoms with Gasteiger partial charge in [0.2, 0.25) is 0 Å². The van der Waals surface area contributed by atoms with E-state index in [1.54, 1.807) is 24.3 Å². The first-order valence-corrected chi connectivity index (χ1v) is 10.8. The number of hydrogen-bond donors (Lipinski definition) is 1. The molecule has 31 heavy (non-hydrogen) atoms. The quantitative estimate of drug-likeness (QED) is 0.356. The lowest BCUT2D eigenvalue weighted by atomic mass is 10.1. The van der Waals surface area contributed by atoms with Crippen LogP contribution in [-0.4, -0.2) is 21.3 Å². The summed E-state index contributed by atoms with van der Waals surface area (Å²) >= 11 is 12.6. The maximum Gasteiger partial charge on any atom is 0.337 e. The van der Waals surface area contributed by atoms with E-state index in [2.05, 4.69) is 0 Å². The van der Waals surface area contributed by atoms with E-state index in [0.717, 1.165) is 16.8 Å². The van der Waals surface area contributed by atoms with Crippen molar-refractivity contribution >= 4 is 63.5 Å². The molecule has 4 rings (SSSR count). The first-order chi connectivity index (χ1) is 14.7. The van der Waals surface area contributed by atoms with Gasteiger partial charge in [-0.3, -0.25) is 9.69 Å². The highest BCUT2D eigenvalue weighted by atomic mass is 35.5. The summed E-state index contributed by atoms with van der Waals surface area (Å²) in [4.78, 5) is 26.3. The van der Waals surface area contributed by atoms with Crippen molar-refractivity contribution in [3.8, 4) is 11.3 Å². The Morgan fingerprint density at radius 2 is 1.94 bits per heavy atom. The first-order valence-electron chi connectivity index (χ1n) is 9.23. The highest BCUT2D eigenvalue weighted by Crippen LogP contribution is 2.38. The van der Waals surface area contributed by atoms with Crippen molar-refractivity contribution in [2.45, 2.75) is 13.8 Å². The van der Waals surface area contributed by atoms with Crippen molar-refractivity contribution in [3.63, 3.8) is 0 Å². The molecule has 0 aliphatic carbocycles. The number of thiocarbonyl (C=S) groups is 1. The molecule has 1 saturated heterocycles. The Morgan fingerprint density at radius 1 is 1.16 bits per heavy atom. The number of nitrogens with zero attached hydrogens (tertiary/aromatic N) is 1. The van der Waals surface area contributed by atoms with Gasteiger partial charge in [-0.05, 0) is 55.8 Å². The van der Waals surface area contributed by atoms with Crippen molar-refractivity contribution in [1.82, 2.24) is 0 Å². The zero-order valence-corrected chi connectivity index (χ0v) is 18.9. The van der Waals surface area contributed by atoms with Gasteiger partial charge < -0.3 is 9.52 Å². The lowest BCUT2D eigenvalue weighted by Crippen LogP contribution is -2.28. The summed E-state index contributed by atoms with van der Waals surface area (Å²) < 4.78 is 6.29. The lowest BCUT2D eigenvalue weighted by molar-refractivity contribution is -0.113. The topological polar surface area (TPSA) is 70.8 Å². The Bertz CT molecular complexity index is 1280. The average molecular weight is 470 g/mol. The molecular formula is C23H16ClNO4S2. The van der Waals surface area contributed by atoms with Crippen LogP contribution in [0.2, 0.25) is 5.02 Å². The summed E-state index contributed by atoms with van der Waals surface area (Å²) in [5.74, 6) is -0.397. The van der Waals surface area contributed by atoms with Crippen LogP contribution in [0, 0.1) is 13.8 Å². The molecule has 156 valence electrons. The molecule has 3 aromatic rings. The number of aryl methyl sites for hydroxylation is 2. The fourth-order valence-corrected chi connectivity index (χ4v) is 4.75. The van der Waals surface area contributed by atoms with E-state index in [1.807, 2.05) is 32.0 Å². The molecule has 2 aromatic carbocycles. The fraction of sp³-hybridized carbons (Fsp3) is 0.0870. The third-order valence-corrected chi connectivity index (χ3v) is 6.40. The summed E-state index contributed by atoms with van der Waals surface area (Å²) in [7, 11) is 0. The maximum absolute atomic E-state index is 13.0. The number of carboxylic acids is 1. The Hall–Kier alpha value is -2.87. The van der Waals surface area contributed by atoms with Gasteiger partial charge in [0, 0.05) is 11.6 Å². The number of benzene rings is 2. The number of carboxylic acid groups (broad SMARTS) is 1. The Morgan fingerprint density at radius 3 is 2.65 bits per heavy atom. The largest absolute Gasteiger partial charge is 0.478 e. The van der Waals surface area contributed by atoms with Gasteiger partial charge in [0.25, 0.3) is 5.91 Å². The van der Waals surface area contributed by atoms with Crippen LogP contribution in [0.1, 0.15) is 27.2 Å². The van der Waals surface area contributed by atoms with Crippen molar-refractivity contribution in [1.29, 1.82) is 0 Å². The number of thioether (sulfide) groups is 1. The molecule has 1 aromatic heterocycles. The maximum atomic E-state index is 13.0. The van der Waals surface area contributed by atoms with Crippen molar-refractivity contribution < 1.29 is 19.1 Å². The fourth-order valence-electron chi connectivity index (χ4n) is 3.29. The molecule has 5 nitrogen and oxygen atoms in total. The predicted molar refractivity (Wildman–Crippen MR) is 128 cm³/mol. The van der Waals surface area contributed by atoms with Crippen LogP contribution in [0.3, 0.4) is 0 Å². The van der Waals surface area contributed by atoms with Gasteiger partial charge in [-0.1, -0.05) is 53.3 Å². The third kappa shape index (κ3) is 4.17. The molecule has 8 heteroatoms. The third-order valence-electron chi connectivity index (χ3n) is 4.77. The zero-order chi connectivity index (χ0) is 22.3. The Balaban J connectivity index is 1.63. The van der Waals surface area contributed by atoms with Gasteiger partial charge in [-0.15, -0.1) is 0 Å². The molecule has 2 heterocycles. The summed E-state index contributed by atoms with van der Waals surface area (Å²) in [6, 6.07) is 13.9. The van der Waals surface area contributed by atoms with Crippen molar-refractivity contribution in [3.05, 3.63) is 80.9 Å². The van der Waals surface area contributed by atoms with Crippen LogP contribution in [0.5, 0.6) is 0 Å². The number of anilines is 1.